The predicted octanol–water partition coefficient (Wildman–Crippen LogP) is 4.20. The van der Waals surface area contributed by atoms with Crippen LogP contribution < -0.4 is 15.1 Å². The maximum Gasteiger partial charge on any atom is 0.269 e. The van der Waals surface area contributed by atoms with Crippen molar-refractivity contribution in [1.29, 1.82) is 0 Å². The first-order chi connectivity index (χ1) is 15.6. The number of benzene rings is 3. The molecule has 1 fully saturated rings. The molecule has 8 heteroatoms. The number of carbonyl (C=O) groups is 1. The summed E-state index contributed by atoms with van der Waals surface area (Å²) in [5.41, 5.74) is 3.67. The molecule has 1 unspecified atom stereocenters. The molecule has 3 aromatic rings. The molecule has 2 aliphatic rings. The van der Waals surface area contributed by atoms with E-state index in [1.165, 1.54) is 12.1 Å². The van der Waals surface area contributed by atoms with Crippen LogP contribution in [0.25, 0.3) is 0 Å². The minimum atomic E-state index is -0.577. The Kier molecular flexibility index (Phi) is 5.20. The summed E-state index contributed by atoms with van der Waals surface area (Å²) in [6.07, 6.45) is -0.577. The number of carbonyl (C=O) groups excluding carboxylic acids is 1. The van der Waals surface area contributed by atoms with E-state index >= 15 is 0 Å². The van der Waals surface area contributed by atoms with Crippen LogP contribution in [0.2, 0.25) is 0 Å². The second-order valence-corrected chi connectivity index (χ2v) is 7.74. The van der Waals surface area contributed by atoms with Crippen molar-refractivity contribution in [2.45, 2.75) is 6.17 Å². The molecule has 1 amide bonds. The van der Waals surface area contributed by atoms with Crippen molar-refractivity contribution in [3.63, 3.8) is 0 Å². The van der Waals surface area contributed by atoms with Gasteiger partial charge in [0.15, 0.2) is 0 Å². The van der Waals surface area contributed by atoms with E-state index in [4.69, 9.17) is 4.74 Å². The highest BCUT2D eigenvalue weighted by atomic mass is 16.6. The van der Waals surface area contributed by atoms with Crippen LogP contribution in [0.3, 0.4) is 0 Å². The molecule has 2 heterocycles. The summed E-state index contributed by atoms with van der Waals surface area (Å²) < 4.78 is 5.43. The number of nitro groups is 1. The van der Waals surface area contributed by atoms with Crippen LogP contribution in [0.5, 0.6) is 0 Å². The number of fused-ring (bicyclic) bond motifs is 1. The van der Waals surface area contributed by atoms with E-state index in [-0.39, 0.29) is 11.6 Å². The molecule has 1 saturated heterocycles. The topological polar surface area (TPSA) is 87.9 Å². The van der Waals surface area contributed by atoms with Gasteiger partial charge in [-0.15, -0.1) is 0 Å². The van der Waals surface area contributed by atoms with E-state index in [1.807, 2.05) is 42.5 Å². The molecule has 0 saturated carbocycles. The second kappa shape index (κ2) is 8.32. The standard InChI is InChI=1S/C24H22N4O4/c29-24-21-6-1-2-7-22(21)25-23(17-4-3-5-20(16-17)28(30)31)27(24)19-10-8-18(9-11-19)26-12-14-32-15-13-26/h1-11,16,23,25H,12-15H2. The van der Waals surface area contributed by atoms with Crippen LogP contribution >= 0.6 is 0 Å². The van der Waals surface area contributed by atoms with Gasteiger partial charge in [0.25, 0.3) is 11.6 Å². The normalized spacial score (nSPS) is 18.1. The average molecular weight is 430 g/mol. The fraction of sp³-hybridized carbons (Fsp3) is 0.208. The van der Waals surface area contributed by atoms with Gasteiger partial charge in [0.05, 0.1) is 23.7 Å². The lowest BCUT2D eigenvalue weighted by Gasteiger charge is -2.38. The predicted molar refractivity (Wildman–Crippen MR) is 122 cm³/mol. The average Bonchev–Trinajstić information content (AvgIpc) is 2.85. The summed E-state index contributed by atoms with van der Waals surface area (Å²) in [6, 6.07) is 21.5. The Labute approximate surface area is 185 Å². The Balaban J connectivity index is 1.55. The van der Waals surface area contributed by atoms with Gasteiger partial charge in [0, 0.05) is 47.8 Å². The van der Waals surface area contributed by atoms with E-state index < -0.39 is 11.1 Å². The van der Waals surface area contributed by atoms with Crippen molar-refractivity contribution in [2.75, 3.05) is 41.4 Å². The minimum absolute atomic E-state index is 0.0155. The number of ether oxygens (including phenoxy) is 1. The van der Waals surface area contributed by atoms with Gasteiger partial charge in [-0.2, -0.15) is 0 Å². The molecule has 8 nitrogen and oxygen atoms in total. The number of amides is 1. The SMILES string of the molecule is O=C1c2ccccc2NC(c2cccc([N+](=O)[O-])c2)N1c1ccc(N2CCOCC2)cc1. The molecule has 3 aromatic carbocycles. The largest absolute Gasteiger partial charge is 0.378 e. The van der Waals surface area contributed by atoms with E-state index in [0.717, 1.165) is 18.8 Å². The fourth-order valence-corrected chi connectivity index (χ4v) is 4.21. The van der Waals surface area contributed by atoms with Crippen LogP contribution in [0.4, 0.5) is 22.7 Å². The summed E-state index contributed by atoms with van der Waals surface area (Å²) in [6.45, 7) is 3.05. The smallest absolute Gasteiger partial charge is 0.269 e. The molecule has 162 valence electrons. The first-order valence-electron chi connectivity index (χ1n) is 10.5. The van der Waals surface area contributed by atoms with Crippen molar-refractivity contribution in [1.82, 2.24) is 0 Å². The van der Waals surface area contributed by atoms with Crippen LogP contribution in [-0.4, -0.2) is 37.1 Å². The maximum atomic E-state index is 13.5. The summed E-state index contributed by atoms with van der Waals surface area (Å²) in [5, 5.41) is 14.7. The van der Waals surface area contributed by atoms with E-state index in [1.54, 1.807) is 23.1 Å². The minimum Gasteiger partial charge on any atom is -0.378 e. The molecule has 0 aliphatic carbocycles. The van der Waals surface area contributed by atoms with E-state index in [2.05, 4.69) is 10.2 Å². The number of hydrogen-bond donors (Lipinski definition) is 1. The zero-order chi connectivity index (χ0) is 22.1. The fourth-order valence-electron chi connectivity index (χ4n) is 4.21. The van der Waals surface area contributed by atoms with E-state index in [9.17, 15) is 14.9 Å². The van der Waals surface area contributed by atoms with Crippen molar-refractivity contribution >= 4 is 28.7 Å². The number of para-hydroxylation sites is 1. The van der Waals surface area contributed by atoms with Crippen molar-refractivity contribution < 1.29 is 14.5 Å². The third-order valence-electron chi connectivity index (χ3n) is 5.83. The molecule has 2 aliphatic heterocycles. The molecule has 0 spiro atoms. The van der Waals surface area contributed by atoms with Gasteiger partial charge in [0.2, 0.25) is 0 Å². The van der Waals surface area contributed by atoms with Crippen LogP contribution in [0.15, 0.2) is 72.8 Å². The Morgan fingerprint density at radius 3 is 2.41 bits per heavy atom. The van der Waals surface area contributed by atoms with Crippen molar-refractivity contribution in [2.24, 2.45) is 0 Å². The quantitative estimate of drug-likeness (QED) is 0.493. The first-order valence-corrected chi connectivity index (χ1v) is 10.5. The van der Waals surface area contributed by atoms with Crippen molar-refractivity contribution in [3.8, 4) is 0 Å². The van der Waals surface area contributed by atoms with Crippen molar-refractivity contribution in [3.05, 3.63) is 94.0 Å². The highest BCUT2D eigenvalue weighted by molar-refractivity contribution is 6.12. The molecule has 0 aromatic heterocycles. The van der Waals surface area contributed by atoms with Crippen LogP contribution in [0, 0.1) is 10.1 Å². The van der Waals surface area contributed by atoms with Gasteiger partial charge in [-0.05, 0) is 36.4 Å². The molecule has 1 N–H and O–H groups in total. The molecule has 5 rings (SSSR count). The summed E-state index contributed by atoms with van der Waals surface area (Å²) in [5.74, 6) is -0.157. The Hall–Kier alpha value is -3.91. The summed E-state index contributed by atoms with van der Waals surface area (Å²) in [4.78, 5) is 28.3. The number of hydrogen-bond acceptors (Lipinski definition) is 6. The molecular formula is C24H22N4O4. The number of nitro benzene ring substituents is 1. The zero-order valence-electron chi connectivity index (χ0n) is 17.3. The molecule has 1 atom stereocenters. The third kappa shape index (κ3) is 3.65. The number of nitrogens with zero attached hydrogens (tertiary/aromatic N) is 3. The lowest BCUT2D eigenvalue weighted by molar-refractivity contribution is -0.384. The van der Waals surface area contributed by atoms with Crippen LogP contribution in [0.1, 0.15) is 22.1 Å². The number of nitrogens with one attached hydrogen (secondary N) is 1. The molecule has 0 radical (unpaired) electrons. The maximum absolute atomic E-state index is 13.5. The summed E-state index contributed by atoms with van der Waals surface area (Å²) >= 11 is 0. The number of rotatable bonds is 4. The molecule has 32 heavy (non-hydrogen) atoms. The molecule has 0 bridgehead atoms. The lowest BCUT2D eigenvalue weighted by atomic mass is 10.0. The zero-order valence-corrected chi connectivity index (χ0v) is 17.3. The monoisotopic (exact) mass is 430 g/mol. The molecular weight excluding hydrogens is 408 g/mol. The van der Waals surface area contributed by atoms with Gasteiger partial charge in [0.1, 0.15) is 6.17 Å². The lowest BCUT2D eigenvalue weighted by Crippen LogP contribution is -2.43. The number of morpholine rings is 1. The van der Waals surface area contributed by atoms with Gasteiger partial charge in [-0.3, -0.25) is 19.8 Å². The van der Waals surface area contributed by atoms with Gasteiger partial charge >= 0.3 is 0 Å². The Bertz CT molecular complexity index is 1160. The van der Waals surface area contributed by atoms with Gasteiger partial charge in [-0.1, -0.05) is 24.3 Å². The van der Waals surface area contributed by atoms with E-state index in [0.29, 0.717) is 35.7 Å². The van der Waals surface area contributed by atoms with Crippen LogP contribution in [-0.2, 0) is 4.74 Å². The van der Waals surface area contributed by atoms with Gasteiger partial charge in [-0.25, -0.2) is 0 Å². The number of non-ortho nitro benzene ring substituents is 1. The second-order valence-electron chi connectivity index (χ2n) is 7.74. The Morgan fingerprint density at radius 2 is 1.66 bits per heavy atom. The highest BCUT2D eigenvalue weighted by Gasteiger charge is 2.34. The van der Waals surface area contributed by atoms with Gasteiger partial charge < -0.3 is 15.0 Å². The number of anilines is 3. The third-order valence-corrected chi connectivity index (χ3v) is 5.83. The summed E-state index contributed by atoms with van der Waals surface area (Å²) in [7, 11) is 0. The Morgan fingerprint density at radius 1 is 0.938 bits per heavy atom. The highest BCUT2D eigenvalue weighted by Crippen LogP contribution is 2.38. The first kappa shape index (κ1) is 20.0.